The standard InChI is InChI=1S/C8H17NO2/c1-4-11-8(10)5-7(9)6(2)3/h6-7H,4-5,9H2,1-3H3/t7-/m0/s1. The summed E-state index contributed by atoms with van der Waals surface area (Å²) in [4.78, 5) is 10.9. The number of carbonyl (C=O) groups is 1. The van der Waals surface area contributed by atoms with Crippen molar-refractivity contribution >= 4 is 5.97 Å². The van der Waals surface area contributed by atoms with Crippen LogP contribution in [0.4, 0.5) is 0 Å². The van der Waals surface area contributed by atoms with Crippen molar-refractivity contribution in [3.05, 3.63) is 0 Å². The minimum atomic E-state index is -0.200. The van der Waals surface area contributed by atoms with Gasteiger partial charge in [-0.2, -0.15) is 0 Å². The fraction of sp³-hybridized carbons (Fsp3) is 0.875. The Morgan fingerprint density at radius 3 is 2.45 bits per heavy atom. The van der Waals surface area contributed by atoms with Gasteiger partial charge in [-0.05, 0) is 12.8 Å². The molecule has 11 heavy (non-hydrogen) atoms. The zero-order chi connectivity index (χ0) is 8.85. The van der Waals surface area contributed by atoms with E-state index >= 15 is 0 Å². The number of hydrogen-bond donors (Lipinski definition) is 1. The lowest BCUT2D eigenvalue weighted by Crippen LogP contribution is -2.29. The van der Waals surface area contributed by atoms with Gasteiger partial charge in [0.1, 0.15) is 0 Å². The van der Waals surface area contributed by atoms with Crippen molar-refractivity contribution < 1.29 is 9.53 Å². The zero-order valence-electron chi connectivity index (χ0n) is 7.46. The molecule has 0 aliphatic rings. The molecule has 66 valence electrons. The van der Waals surface area contributed by atoms with Gasteiger partial charge in [-0.3, -0.25) is 4.79 Å². The molecule has 0 aromatic heterocycles. The monoisotopic (exact) mass is 159 g/mol. The van der Waals surface area contributed by atoms with Gasteiger partial charge in [0.25, 0.3) is 0 Å². The van der Waals surface area contributed by atoms with Crippen LogP contribution in [0.5, 0.6) is 0 Å². The Bertz CT molecular complexity index is 123. The van der Waals surface area contributed by atoms with Crippen LogP contribution >= 0.6 is 0 Å². The first-order chi connectivity index (χ1) is 5.07. The Hall–Kier alpha value is -0.570. The average Bonchev–Trinajstić information content (AvgIpc) is 1.87. The molecule has 0 unspecified atom stereocenters. The summed E-state index contributed by atoms with van der Waals surface area (Å²) in [7, 11) is 0. The van der Waals surface area contributed by atoms with Crippen LogP contribution in [-0.4, -0.2) is 18.6 Å². The summed E-state index contributed by atoms with van der Waals surface area (Å²) >= 11 is 0. The molecule has 0 spiro atoms. The molecule has 3 nitrogen and oxygen atoms in total. The van der Waals surface area contributed by atoms with Crippen LogP contribution in [0.3, 0.4) is 0 Å². The van der Waals surface area contributed by atoms with Crippen LogP contribution in [0.1, 0.15) is 27.2 Å². The van der Waals surface area contributed by atoms with Crippen molar-refractivity contribution in [3.63, 3.8) is 0 Å². The fourth-order valence-electron chi connectivity index (χ4n) is 0.648. The summed E-state index contributed by atoms with van der Waals surface area (Å²) in [5, 5.41) is 0. The van der Waals surface area contributed by atoms with E-state index in [0.717, 1.165) is 0 Å². The molecule has 0 aliphatic carbocycles. The molecule has 0 radical (unpaired) electrons. The first kappa shape index (κ1) is 10.4. The van der Waals surface area contributed by atoms with Crippen molar-refractivity contribution in [3.8, 4) is 0 Å². The average molecular weight is 159 g/mol. The van der Waals surface area contributed by atoms with Crippen molar-refractivity contribution in [2.75, 3.05) is 6.61 Å². The SMILES string of the molecule is CCOC(=O)C[C@H](N)C(C)C. The van der Waals surface area contributed by atoms with Crippen molar-refractivity contribution in [2.24, 2.45) is 11.7 Å². The summed E-state index contributed by atoms with van der Waals surface area (Å²) in [6.45, 7) is 6.20. The van der Waals surface area contributed by atoms with Crippen LogP contribution in [-0.2, 0) is 9.53 Å². The Balaban J connectivity index is 3.57. The molecule has 0 saturated carbocycles. The second kappa shape index (κ2) is 5.13. The van der Waals surface area contributed by atoms with Gasteiger partial charge in [0.05, 0.1) is 13.0 Å². The second-order valence-corrected chi connectivity index (χ2v) is 2.92. The van der Waals surface area contributed by atoms with E-state index < -0.39 is 0 Å². The third-order valence-corrected chi connectivity index (χ3v) is 1.56. The van der Waals surface area contributed by atoms with Gasteiger partial charge in [0.2, 0.25) is 0 Å². The summed E-state index contributed by atoms with van der Waals surface area (Å²) in [6, 6.07) is -0.0750. The molecular formula is C8H17NO2. The number of carbonyl (C=O) groups excluding carboxylic acids is 1. The van der Waals surface area contributed by atoms with Gasteiger partial charge in [-0.25, -0.2) is 0 Å². The molecule has 0 rings (SSSR count). The quantitative estimate of drug-likeness (QED) is 0.621. The van der Waals surface area contributed by atoms with Crippen LogP contribution in [0, 0.1) is 5.92 Å². The topological polar surface area (TPSA) is 52.3 Å². The third-order valence-electron chi connectivity index (χ3n) is 1.56. The molecule has 0 amide bonds. The molecule has 3 heteroatoms. The number of esters is 1. The molecule has 0 fully saturated rings. The predicted octanol–water partition coefficient (Wildman–Crippen LogP) is 0.923. The van der Waals surface area contributed by atoms with E-state index in [1.165, 1.54) is 0 Å². The van der Waals surface area contributed by atoms with Crippen molar-refractivity contribution in [1.82, 2.24) is 0 Å². The molecular weight excluding hydrogens is 142 g/mol. The highest BCUT2D eigenvalue weighted by Crippen LogP contribution is 2.03. The van der Waals surface area contributed by atoms with E-state index in [1.807, 2.05) is 13.8 Å². The maximum absolute atomic E-state index is 10.9. The minimum absolute atomic E-state index is 0.0750. The molecule has 0 saturated heterocycles. The van der Waals surface area contributed by atoms with Crippen LogP contribution in [0.2, 0.25) is 0 Å². The first-order valence-corrected chi connectivity index (χ1v) is 3.99. The van der Waals surface area contributed by atoms with E-state index in [1.54, 1.807) is 6.92 Å². The van der Waals surface area contributed by atoms with Gasteiger partial charge >= 0.3 is 5.97 Å². The summed E-state index contributed by atoms with van der Waals surface area (Å²) in [6.07, 6.45) is 0.325. The molecule has 0 bridgehead atoms. The van der Waals surface area contributed by atoms with Crippen LogP contribution in [0.25, 0.3) is 0 Å². The Morgan fingerprint density at radius 2 is 2.09 bits per heavy atom. The Kier molecular flexibility index (Phi) is 4.86. The lowest BCUT2D eigenvalue weighted by atomic mass is 10.0. The number of ether oxygens (including phenoxy) is 1. The van der Waals surface area contributed by atoms with Gasteiger partial charge < -0.3 is 10.5 Å². The highest BCUT2D eigenvalue weighted by molar-refractivity contribution is 5.70. The van der Waals surface area contributed by atoms with Gasteiger partial charge in [-0.15, -0.1) is 0 Å². The van der Waals surface area contributed by atoms with E-state index in [4.69, 9.17) is 10.5 Å². The molecule has 0 aromatic rings. The summed E-state index contributed by atoms with van der Waals surface area (Å²) in [5.41, 5.74) is 5.65. The highest BCUT2D eigenvalue weighted by Gasteiger charge is 2.12. The molecule has 1 atom stereocenters. The second-order valence-electron chi connectivity index (χ2n) is 2.92. The number of hydrogen-bond acceptors (Lipinski definition) is 3. The summed E-state index contributed by atoms with van der Waals surface area (Å²) < 4.78 is 4.74. The van der Waals surface area contributed by atoms with Crippen LogP contribution < -0.4 is 5.73 Å². The largest absolute Gasteiger partial charge is 0.466 e. The van der Waals surface area contributed by atoms with E-state index in [-0.39, 0.29) is 12.0 Å². The minimum Gasteiger partial charge on any atom is -0.466 e. The molecule has 2 N–H and O–H groups in total. The van der Waals surface area contributed by atoms with E-state index in [0.29, 0.717) is 18.9 Å². The lowest BCUT2D eigenvalue weighted by molar-refractivity contribution is -0.143. The van der Waals surface area contributed by atoms with Crippen molar-refractivity contribution in [2.45, 2.75) is 33.2 Å². The van der Waals surface area contributed by atoms with Crippen molar-refractivity contribution in [1.29, 1.82) is 0 Å². The smallest absolute Gasteiger partial charge is 0.307 e. The number of nitrogens with two attached hydrogens (primary N) is 1. The lowest BCUT2D eigenvalue weighted by Gasteiger charge is -2.13. The Morgan fingerprint density at radius 1 is 1.55 bits per heavy atom. The highest BCUT2D eigenvalue weighted by atomic mass is 16.5. The van der Waals surface area contributed by atoms with Gasteiger partial charge in [0, 0.05) is 6.04 Å². The maximum atomic E-state index is 10.9. The van der Waals surface area contributed by atoms with Gasteiger partial charge in [-0.1, -0.05) is 13.8 Å². The zero-order valence-corrected chi connectivity index (χ0v) is 7.46. The maximum Gasteiger partial charge on any atom is 0.307 e. The first-order valence-electron chi connectivity index (χ1n) is 3.99. The number of rotatable bonds is 4. The molecule has 0 heterocycles. The fourth-order valence-corrected chi connectivity index (χ4v) is 0.648. The predicted molar refractivity (Wildman–Crippen MR) is 44.1 cm³/mol. The Labute approximate surface area is 67.9 Å². The summed E-state index contributed by atoms with van der Waals surface area (Å²) in [5.74, 6) is 0.133. The molecule has 0 aliphatic heterocycles. The van der Waals surface area contributed by atoms with Crippen LogP contribution in [0.15, 0.2) is 0 Å². The third kappa shape index (κ3) is 4.79. The van der Waals surface area contributed by atoms with E-state index in [2.05, 4.69) is 0 Å². The van der Waals surface area contributed by atoms with Gasteiger partial charge in [0.15, 0.2) is 0 Å². The van der Waals surface area contributed by atoms with E-state index in [9.17, 15) is 4.79 Å². The normalized spacial score (nSPS) is 13.2. The molecule has 0 aromatic carbocycles.